The van der Waals surface area contributed by atoms with Gasteiger partial charge in [-0.1, -0.05) is 0 Å². The molecule has 0 N–H and O–H groups in total. The van der Waals surface area contributed by atoms with Crippen LogP contribution in [-0.4, -0.2) is 56.3 Å². The second kappa shape index (κ2) is 11.2. The summed E-state index contributed by atoms with van der Waals surface area (Å²) in [5.74, 6) is -0.436. The van der Waals surface area contributed by atoms with Gasteiger partial charge >= 0.3 is 11.9 Å². The molecule has 2 aromatic carbocycles. The van der Waals surface area contributed by atoms with Crippen LogP contribution >= 0.6 is 67.8 Å². The molecule has 1 fully saturated rings. The van der Waals surface area contributed by atoms with Crippen LogP contribution in [0.1, 0.15) is 20.7 Å². The van der Waals surface area contributed by atoms with Crippen LogP contribution in [0.15, 0.2) is 36.4 Å². The zero-order chi connectivity index (χ0) is 20.8. The van der Waals surface area contributed by atoms with E-state index in [2.05, 4.69) is 72.7 Å². The Labute approximate surface area is 210 Å². The van der Waals surface area contributed by atoms with Crippen molar-refractivity contribution in [2.45, 2.75) is 0 Å². The van der Waals surface area contributed by atoms with Crippen LogP contribution in [0, 0.1) is 10.7 Å². The standard InChI is InChI=1S/C20H18I3NO5/c21-14-11-16(18(23)17(22)12-14)20(26)29-15-3-1-13(2-4-15)19(25)28-10-7-24-5-8-27-9-6-24/h1-4,11-12H,5-10H2. The second-order valence-corrected chi connectivity index (χ2v) is 9.74. The summed E-state index contributed by atoms with van der Waals surface area (Å²) in [4.78, 5) is 26.9. The SMILES string of the molecule is O=C(OCCN1CCOCC1)c1ccc(OC(=O)c2cc(I)cc(I)c2I)cc1. The van der Waals surface area contributed by atoms with Crippen molar-refractivity contribution in [1.82, 2.24) is 4.90 Å². The van der Waals surface area contributed by atoms with Gasteiger partial charge in [0.15, 0.2) is 0 Å². The van der Waals surface area contributed by atoms with Crippen molar-refractivity contribution in [1.29, 1.82) is 0 Å². The molecule has 0 amide bonds. The maximum atomic E-state index is 12.5. The van der Waals surface area contributed by atoms with E-state index in [1.165, 1.54) is 0 Å². The summed E-state index contributed by atoms with van der Waals surface area (Å²) in [5.41, 5.74) is 0.943. The van der Waals surface area contributed by atoms with E-state index in [1.807, 2.05) is 6.07 Å². The smallest absolute Gasteiger partial charge is 0.344 e. The molecule has 0 unspecified atom stereocenters. The highest BCUT2D eigenvalue weighted by molar-refractivity contribution is 14.1. The number of carbonyl (C=O) groups is 2. The lowest BCUT2D eigenvalue weighted by Crippen LogP contribution is -2.38. The number of nitrogens with zero attached hydrogens (tertiary/aromatic N) is 1. The minimum Gasteiger partial charge on any atom is -0.461 e. The van der Waals surface area contributed by atoms with Crippen LogP contribution in [0.2, 0.25) is 0 Å². The molecule has 6 nitrogen and oxygen atoms in total. The minimum atomic E-state index is -0.424. The summed E-state index contributed by atoms with van der Waals surface area (Å²) in [6.45, 7) is 4.17. The molecule has 3 rings (SSSR count). The number of halogens is 3. The molecule has 154 valence electrons. The summed E-state index contributed by atoms with van der Waals surface area (Å²) in [6.07, 6.45) is 0. The van der Waals surface area contributed by atoms with Crippen LogP contribution in [0.5, 0.6) is 5.75 Å². The average molecular weight is 733 g/mol. The second-order valence-electron chi connectivity index (χ2n) is 6.25. The third-order valence-corrected chi connectivity index (χ3v) is 7.93. The van der Waals surface area contributed by atoms with Gasteiger partial charge in [0.25, 0.3) is 0 Å². The highest BCUT2D eigenvalue weighted by atomic mass is 127. The monoisotopic (exact) mass is 733 g/mol. The van der Waals surface area contributed by atoms with Gasteiger partial charge in [0, 0.05) is 30.3 Å². The van der Waals surface area contributed by atoms with Crippen molar-refractivity contribution >= 4 is 79.7 Å². The number of hydrogen-bond acceptors (Lipinski definition) is 6. The third kappa shape index (κ3) is 6.74. The quantitative estimate of drug-likeness (QED) is 0.192. The summed E-state index contributed by atoms with van der Waals surface area (Å²) < 4.78 is 18.9. The first-order valence-electron chi connectivity index (χ1n) is 8.88. The summed E-state index contributed by atoms with van der Waals surface area (Å²) in [5, 5.41) is 0. The molecule has 0 atom stereocenters. The molecule has 1 saturated heterocycles. The van der Waals surface area contributed by atoms with Crippen molar-refractivity contribution in [3.8, 4) is 5.75 Å². The molecule has 1 aliphatic heterocycles. The van der Waals surface area contributed by atoms with E-state index in [1.54, 1.807) is 30.3 Å². The molecule has 9 heteroatoms. The van der Waals surface area contributed by atoms with E-state index in [-0.39, 0.29) is 0 Å². The number of morpholine rings is 1. The molecule has 0 bridgehead atoms. The van der Waals surface area contributed by atoms with Gasteiger partial charge in [-0.05, 0) is 104 Å². The van der Waals surface area contributed by atoms with E-state index < -0.39 is 11.9 Å². The van der Waals surface area contributed by atoms with Crippen LogP contribution < -0.4 is 4.74 Å². The number of ether oxygens (including phenoxy) is 3. The first kappa shape index (κ1) is 23.2. The topological polar surface area (TPSA) is 65.1 Å². The molecule has 29 heavy (non-hydrogen) atoms. The Morgan fingerprint density at radius 3 is 2.38 bits per heavy atom. The molecule has 0 spiro atoms. The van der Waals surface area contributed by atoms with Crippen LogP contribution in [0.3, 0.4) is 0 Å². The van der Waals surface area contributed by atoms with Crippen molar-refractivity contribution in [3.63, 3.8) is 0 Å². The zero-order valence-corrected chi connectivity index (χ0v) is 21.8. The lowest BCUT2D eigenvalue weighted by atomic mass is 10.2. The molecule has 1 heterocycles. The van der Waals surface area contributed by atoms with Gasteiger partial charge in [-0.3, -0.25) is 4.90 Å². The minimum absolute atomic E-state index is 0.333. The highest BCUT2D eigenvalue weighted by Crippen LogP contribution is 2.24. The molecule has 1 aliphatic rings. The lowest BCUT2D eigenvalue weighted by Gasteiger charge is -2.26. The number of rotatable bonds is 6. The van der Waals surface area contributed by atoms with Gasteiger partial charge in [-0.15, -0.1) is 0 Å². The van der Waals surface area contributed by atoms with Crippen molar-refractivity contribution in [2.75, 3.05) is 39.5 Å². The highest BCUT2D eigenvalue weighted by Gasteiger charge is 2.17. The molecule has 0 aliphatic carbocycles. The van der Waals surface area contributed by atoms with Gasteiger partial charge in [-0.25, -0.2) is 9.59 Å². The van der Waals surface area contributed by atoms with E-state index in [4.69, 9.17) is 14.2 Å². The van der Waals surface area contributed by atoms with E-state index >= 15 is 0 Å². The summed E-state index contributed by atoms with van der Waals surface area (Å²) in [7, 11) is 0. The molecular formula is C20H18I3NO5. The molecule has 0 radical (unpaired) electrons. The molecular weight excluding hydrogens is 715 g/mol. The Morgan fingerprint density at radius 1 is 1.00 bits per heavy atom. The molecule has 0 saturated carbocycles. The van der Waals surface area contributed by atoms with Crippen LogP contribution in [0.25, 0.3) is 0 Å². The van der Waals surface area contributed by atoms with Crippen molar-refractivity contribution in [3.05, 3.63) is 58.2 Å². The first-order chi connectivity index (χ1) is 13.9. The Bertz CT molecular complexity index is 882. The molecule has 0 aromatic heterocycles. The normalized spacial score (nSPS) is 14.4. The maximum absolute atomic E-state index is 12.5. The number of benzene rings is 2. The fourth-order valence-electron chi connectivity index (χ4n) is 2.70. The third-order valence-electron chi connectivity index (χ3n) is 4.26. The van der Waals surface area contributed by atoms with Crippen LogP contribution in [-0.2, 0) is 9.47 Å². The Kier molecular flexibility index (Phi) is 8.95. The Hall–Kier alpha value is -0.510. The molecule has 2 aromatic rings. The van der Waals surface area contributed by atoms with Crippen molar-refractivity contribution < 1.29 is 23.8 Å². The fraction of sp³-hybridized carbons (Fsp3) is 0.300. The zero-order valence-electron chi connectivity index (χ0n) is 15.3. The fourth-order valence-corrected chi connectivity index (χ4v) is 5.08. The van der Waals surface area contributed by atoms with E-state index in [0.717, 1.165) is 23.8 Å². The van der Waals surface area contributed by atoms with Gasteiger partial charge < -0.3 is 14.2 Å². The van der Waals surface area contributed by atoms with Gasteiger partial charge in [-0.2, -0.15) is 0 Å². The Balaban J connectivity index is 1.54. The largest absolute Gasteiger partial charge is 0.461 e. The van der Waals surface area contributed by atoms with Gasteiger partial charge in [0.2, 0.25) is 0 Å². The lowest BCUT2D eigenvalue weighted by molar-refractivity contribution is 0.0195. The number of hydrogen-bond donors (Lipinski definition) is 0. The maximum Gasteiger partial charge on any atom is 0.344 e. The van der Waals surface area contributed by atoms with Gasteiger partial charge in [0.05, 0.1) is 24.3 Å². The van der Waals surface area contributed by atoms with Crippen LogP contribution in [0.4, 0.5) is 0 Å². The number of esters is 2. The number of carbonyl (C=O) groups excluding carboxylic acids is 2. The predicted molar refractivity (Wildman–Crippen MR) is 134 cm³/mol. The average Bonchev–Trinajstić information content (AvgIpc) is 2.72. The van der Waals surface area contributed by atoms with Gasteiger partial charge in [0.1, 0.15) is 12.4 Å². The van der Waals surface area contributed by atoms with Crippen molar-refractivity contribution in [2.24, 2.45) is 0 Å². The first-order valence-corrected chi connectivity index (χ1v) is 12.1. The summed E-state index contributed by atoms with van der Waals surface area (Å²) in [6, 6.07) is 10.2. The summed E-state index contributed by atoms with van der Waals surface area (Å²) >= 11 is 6.51. The Morgan fingerprint density at radius 2 is 1.69 bits per heavy atom. The predicted octanol–water partition coefficient (Wildman–Crippen LogP) is 4.21. The van der Waals surface area contributed by atoms with E-state index in [9.17, 15) is 9.59 Å². The van der Waals surface area contributed by atoms with E-state index in [0.29, 0.717) is 43.2 Å².